The van der Waals surface area contributed by atoms with Crippen LogP contribution in [0.4, 0.5) is 0 Å². The van der Waals surface area contributed by atoms with Gasteiger partial charge in [0.25, 0.3) is 5.56 Å². The summed E-state index contributed by atoms with van der Waals surface area (Å²) in [5.74, 6) is 1.87. The molecule has 136 valence electrons. The standard InChI is InChI=1S/C19H17N5O2S/c1-3-10-24-17(15-9-6-11-26-15)22-23-19(24)27-12(2)16-20-14-8-5-4-7-13(14)18(25)21-16/h3-9,11-12H,1,10H2,2H3,(H,20,21,25)/t12-/m0/s1. The average molecular weight is 379 g/mol. The van der Waals surface area contributed by atoms with E-state index in [0.29, 0.717) is 40.0 Å². The fraction of sp³-hybridized carbons (Fsp3) is 0.158. The molecule has 0 aliphatic carbocycles. The molecule has 0 unspecified atom stereocenters. The molecule has 0 fully saturated rings. The SMILES string of the molecule is C=CCn1c(S[C@@H](C)c2nc3ccccc3c(=O)[nH]2)nnc1-c1ccco1. The Kier molecular flexibility index (Phi) is 4.64. The van der Waals surface area contributed by atoms with Crippen LogP contribution in [0.5, 0.6) is 0 Å². The summed E-state index contributed by atoms with van der Waals surface area (Å²) in [5.41, 5.74) is 0.527. The second-order valence-electron chi connectivity index (χ2n) is 5.91. The molecule has 3 heterocycles. The van der Waals surface area contributed by atoms with Gasteiger partial charge in [-0.15, -0.1) is 16.8 Å². The lowest BCUT2D eigenvalue weighted by Gasteiger charge is -2.12. The lowest BCUT2D eigenvalue weighted by atomic mass is 10.2. The average Bonchev–Trinajstić information content (AvgIpc) is 3.32. The second kappa shape index (κ2) is 7.24. The van der Waals surface area contributed by atoms with Gasteiger partial charge in [-0.25, -0.2) is 4.98 Å². The summed E-state index contributed by atoms with van der Waals surface area (Å²) in [6, 6.07) is 10.9. The lowest BCUT2D eigenvalue weighted by molar-refractivity contribution is 0.569. The van der Waals surface area contributed by atoms with E-state index in [1.807, 2.05) is 35.8 Å². The molecule has 27 heavy (non-hydrogen) atoms. The summed E-state index contributed by atoms with van der Waals surface area (Å²) in [6.45, 7) is 6.32. The van der Waals surface area contributed by atoms with Gasteiger partial charge in [0.15, 0.2) is 10.9 Å². The van der Waals surface area contributed by atoms with Gasteiger partial charge in [0.2, 0.25) is 5.82 Å². The van der Waals surface area contributed by atoms with E-state index in [4.69, 9.17) is 4.42 Å². The molecule has 0 bridgehead atoms. The molecule has 8 heteroatoms. The van der Waals surface area contributed by atoms with Crippen molar-refractivity contribution in [1.29, 1.82) is 0 Å². The summed E-state index contributed by atoms with van der Waals surface area (Å²) in [7, 11) is 0. The topological polar surface area (TPSA) is 89.6 Å². The van der Waals surface area contributed by atoms with Gasteiger partial charge in [0.05, 0.1) is 22.4 Å². The highest BCUT2D eigenvalue weighted by molar-refractivity contribution is 7.99. The van der Waals surface area contributed by atoms with Gasteiger partial charge >= 0.3 is 0 Å². The molecule has 0 amide bonds. The number of hydrogen-bond acceptors (Lipinski definition) is 6. The summed E-state index contributed by atoms with van der Waals surface area (Å²) < 4.78 is 7.37. The number of rotatable bonds is 6. The van der Waals surface area contributed by atoms with Crippen molar-refractivity contribution in [2.75, 3.05) is 0 Å². The third-order valence-corrected chi connectivity index (χ3v) is 5.16. The number of H-pyrrole nitrogens is 1. The van der Waals surface area contributed by atoms with Crippen LogP contribution in [0.3, 0.4) is 0 Å². The van der Waals surface area contributed by atoms with Crippen LogP contribution < -0.4 is 5.56 Å². The molecule has 7 nitrogen and oxygen atoms in total. The zero-order valence-corrected chi connectivity index (χ0v) is 15.4. The van der Waals surface area contributed by atoms with Crippen LogP contribution in [0.2, 0.25) is 0 Å². The van der Waals surface area contributed by atoms with Crippen molar-refractivity contribution >= 4 is 22.7 Å². The van der Waals surface area contributed by atoms with Crippen LogP contribution in [0.25, 0.3) is 22.5 Å². The van der Waals surface area contributed by atoms with Crippen molar-refractivity contribution < 1.29 is 4.42 Å². The van der Waals surface area contributed by atoms with E-state index in [-0.39, 0.29) is 10.8 Å². The Bertz CT molecular complexity index is 1150. The Hall–Kier alpha value is -3.13. The second-order valence-corrected chi connectivity index (χ2v) is 7.22. The van der Waals surface area contributed by atoms with Crippen LogP contribution in [0.1, 0.15) is 18.0 Å². The highest BCUT2D eigenvalue weighted by atomic mass is 32.2. The number of hydrogen-bond donors (Lipinski definition) is 1. The van der Waals surface area contributed by atoms with Crippen molar-refractivity contribution in [3.63, 3.8) is 0 Å². The van der Waals surface area contributed by atoms with Gasteiger partial charge in [0, 0.05) is 6.54 Å². The first kappa shape index (κ1) is 17.3. The highest BCUT2D eigenvalue weighted by Crippen LogP contribution is 2.34. The number of nitrogens with zero attached hydrogens (tertiary/aromatic N) is 4. The van der Waals surface area contributed by atoms with Gasteiger partial charge < -0.3 is 9.40 Å². The number of allylic oxidation sites excluding steroid dienone is 1. The Balaban J connectivity index is 1.68. The molecule has 4 rings (SSSR count). The van der Waals surface area contributed by atoms with E-state index in [9.17, 15) is 4.79 Å². The summed E-state index contributed by atoms with van der Waals surface area (Å²) in [5, 5.41) is 9.69. The Morgan fingerprint density at radius 3 is 2.93 bits per heavy atom. The van der Waals surface area contributed by atoms with Crippen LogP contribution >= 0.6 is 11.8 Å². The zero-order chi connectivity index (χ0) is 18.8. The minimum absolute atomic E-state index is 0.125. The largest absolute Gasteiger partial charge is 0.461 e. The molecule has 0 saturated heterocycles. The van der Waals surface area contributed by atoms with Gasteiger partial charge in [-0.3, -0.25) is 9.36 Å². The maximum Gasteiger partial charge on any atom is 0.258 e. The molecule has 1 atom stereocenters. The number of fused-ring (bicyclic) bond motifs is 1. The van der Waals surface area contributed by atoms with Gasteiger partial charge in [-0.2, -0.15) is 0 Å². The molecule has 1 aromatic carbocycles. The predicted molar refractivity (Wildman–Crippen MR) is 105 cm³/mol. The molecule has 0 radical (unpaired) electrons. The Labute approximate surface area is 159 Å². The molecule has 4 aromatic rings. The van der Waals surface area contributed by atoms with Crippen molar-refractivity contribution in [1.82, 2.24) is 24.7 Å². The Morgan fingerprint density at radius 1 is 1.30 bits per heavy atom. The third-order valence-electron chi connectivity index (χ3n) is 4.07. The molecular weight excluding hydrogens is 362 g/mol. The number of aromatic amines is 1. The van der Waals surface area contributed by atoms with E-state index in [0.717, 1.165) is 0 Å². The molecule has 0 aliphatic rings. The van der Waals surface area contributed by atoms with Gasteiger partial charge in [-0.05, 0) is 31.2 Å². The minimum atomic E-state index is -0.146. The van der Waals surface area contributed by atoms with Crippen LogP contribution in [-0.4, -0.2) is 24.7 Å². The fourth-order valence-corrected chi connectivity index (χ4v) is 3.68. The zero-order valence-electron chi connectivity index (χ0n) is 14.6. The lowest BCUT2D eigenvalue weighted by Crippen LogP contribution is -2.13. The Morgan fingerprint density at radius 2 is 2.15 bits per heavy atom. The van der Waals surface area contributed by atoms with Crippen LogP contribution in [0.15, 0.2) is 69.7 Å². The maximum atomic E-state index is 12.3. The van der Waals surface area contributed by atoms with Crippen molar-refractivity contribution in [3.05, 3.63) is 71.5 Å². The number of furan rings is 1. The minimum Gasteiger partial charge on any atom is -0.461 e. The van der Waals surface area contributed by atoms with E-state index in [2.05, 4.69) is 26.7 Å². The summed E-state index contributed by atoms with van der Waals surface area (Å²) in [4.78, 5) is 19.8. The van der Waals surface area contributed by atoms with Gasteiger partial charge in [-0.1, -0.05) is 30.0 Å². The smallest absolute Gasteiger partial charge is 0.258 e. The maximum absolute atomic E-state index is 12.3. The summed E-state index contributed by atoms with van der Waals surface area (Å²) >= 11 is 1.47. The first-order valence-corrected chi connectivity index (χ1v) is 9.29. The van der Waals surface area contributed by atoms with E-state index < -0.39 is 0 Å². The number of para-hydroxylation sites is 1. The number of aromatic nitrogens is 5. The first-order chi connectivity index (χ1) is 13.2. The van der Waals surface area contributed by atoms with E-state index in [1.165, 1.54) is 11.8 Å². The molecule has 0 saturated carbocycles. The number of benzene rings is 1. The quantitative estimate of drug-likeness (QED) is 0.405. The monoisotopic (exact) mass is 379 g/mol. The third kappa shape index (κ3) is 3.31. The fourth-order valence-electron chi connectivity index (χ4n) is 2.77. The summed E-state index contributed by atoms with van der Waals surface area (Å²) in [6.07, 6.45) is 3.38. The number of nitrogens with one attached hydrogen (secondary N) is 1. The van der Waals surface area contributed by atoms with Crippen molar-refractivity contribution in [3.8, 4) is 11.6 Å². The molecule has 3 aromatic heterocycles. The van der Waals surface area contributed by atoms with Gasteiger partial charge in [0.1, 0.15) is 5.82 Å². The highest BCUT2D eigenvalue weighted by Gasteiger charge is 2.20. The molecule has 1 N–H and O–H groups in total. The molecule has 0 aliphatic heterocycles. The first-order valence-electron chi connectivity index (χ1n) is 8.41. The van der Waals surface area contributed by atoms with Crippen LogP contribution in [-0.2, 0) is 6.54 Å². The van der Waals surface area contributed by atoms with E-state index >= 15 is 0 Å². The van der Waals surface area contributed by atoms with Crippen LogP contribution in [0, 0.1) is 0 Å². The van der Waals surface area contributed by atoms with E-state index in [1.54, 1.807) is 24.5 Å². The number of thioether (sulfide) groups is 1. The molecular formula is C19H17N5O2S. The predicted octanol–water partition coefficient (Wildman–Crippen LogP) is 3.81. The molecule has 0 spiro atoms. The van der Waals surface area contributed by atoms with Crippen molar-refractivity contribution in [2.45, 2.75) is 23.9 Å². The normalized spacial score (nSPS) is 12.3. The van der Waals surface area contributed by atoms with Crippen molar-refractivity contribution in [2.24, 2.45) is 0 Å².